The van der Waals surface area contributed by atoms with E-state index in [1.165, 1.54) is 0 Å². The molecule has 7 nitrogen and oxygen atoms in total. The Bertz CT molecular complexity index is 2280. The van der Waals surface area contributed by atoms with Gasteiger partial charge in [0.2, 0.25) is 10.0 Å². The second-order valence-corrected chi connectivity index (χ2v) is 15.2. The normalized spacial score (nSPS) is 18.5. The van der Waals surface area contributed by atoms with Crippen molar-refractivity contribution in [3.8, 4) is 0 Å². The van der Waals surface area contributed by atoms with E-state index >= 15 is 0 Å². The molecule has 1 heterocycles. The molecule has 0 saturated carbocycles. The minimum Gasteiger partial charge on any atom is -0.335 e. The van der Waals surface area contributed by atoms with Gasteiger partial charge in [-0.15, -0.1) is 0 Å². The van der Waals surface area contributed by atoms with Crippen LogP contribution in [0.1, 0.15) is 69.2 Å². The topological polar surface area (TPSA) is 89.4 Å². The second kappa shape index (κ2) is 14.1. The van der Waals surface area contributed by atoms with Gasteiger partial charge in [-0.3, -0.25) is 0 Å². The summed E-state index contributed by atoms with van der Waals surface area (Å²) in [6.45, 7) is 3.90. The number of ether oxygens (including phenoxy) is 2. The lowest BCUT2D eigenvalue weighted by molar-refractivity contribution is -0.183. The van der Waals surface area contributed by atoms with E-state index in [1.54, 1.807) is 24.3 Å². The molecular formula is C44H39N3O4S. The summed E-state index contributed by atoms with van der Waals surface area (Å²) >= 11 is 0. The molecule has 0 amide bonds. The van der Waals surface area contributed by atoms with Gasteiger partial charge >= 0.3 is 0 Å². The van der Waals surface area contributed by atoms with Gasteiger partial charge in [0.1, 0.15) is 12.2 Å². The van der Waals surface area contributed by atoms with Gasteiger partial charge in [-0.25, -0.2) is 8.42 Å². The van der Waals surface area contributed by atoms with Crippen LogP contribution in [0.5, 0.6) is 0 Å². The van der Waals surface area contributed by atoms with Gasteiger partial charge in [0.05, 0.1) is 22.3 Å². The summed E-state index contributed by atoms with van der Waals surface area (Å²) in [5.41, 5.74) is 8.90. The van der Waals surface area contributed by atoms with Crippen molar-refractivity contribution in [3.63, 3.8) is 0 Å². The third-order valence-corrected chi connectivity index (χ3v) is 11.4. The Balaban J connectivity index is 1.15. The molecule has 1 aliphatic heterocycles. The summed E-state index contributed by atoms with van der Waals surface area (Å²) < 4.78 is 44.3. The Morgan fingerprint density at radius 2 is 1.25 bits per heavy atom. The summed E-state index contributed by atoms with van der Waals surface area (Å²) in [7, 11) is -3.85. The number of azo groups is 1. The van der Waals surface area contributed by atoms with Crippen LogP contribution in [0.4, 0.5) is 11.4 Å². The lowest BCUT2D eigenvalue weighted by atomic mass is 9.98. The maximum absolute atomic E-state index is 13.6. The fraction of sp³-hybridized carbons (Fsp3) is 0.182. The molecule has 1 N–H and O–H groups in total. The SMILES string of the molecule is Cc1ccc(S(=O)(=O)NC(c2ccccc2)c2ccc(C)c(N=Nc3cccc4c3C3(CC4)O[C@@H](c4ccccc4)[C@H](c4ccccc4)O3)c2)cc1. The first kappa shape index (κ1) is 33.9. The summed E-state index contributed by atoms with van der Waals surface area (Å²) in [5, 5.41) is 9.65. The van der Waals surface area contributed by atoms with E-state index in [0.717, 1.165) is 50.9 Å². The van der Waals surface area contributed by atoms with Crippen molar-refractivity contribution in [1.29, 1.82) is 0 Å². The van der Waals surface area contributed by atoms with E-state index in [4.69, 9.17) is 19.7 Å². The fourth-order valence-electron chi connectivity index (χ4n) is 7.25. The van der Waals surface area contributed by atoms with Crippen molar-refractivity contribution in [2.75, 3.05) is 0 Å². The average molecular weight is 706 g/mol. The Labute approximate surface area is 305 Å². The summed E-state index contributed by atoms with van der Waals surface area (Å²) in [5.74, 6) is -0.991. The lowest BCUT2D eigenvalue weighted by Crippen LogP contribution is -2.29. The monoisotopic (exact) mass is 705 g/mol. The maximum Gasteiger partial charge on any atom is 0.241 e. The van der Waals surface area contributed by atoms with E-state index in [0.29, 0.717) is 17.8 Å². The summed E-state index contributed by atoms with van der Waals surface area (Å²) in [6.07, 6.45) is 0.834. The molecule has 260 valence electrons. The molecule has 1 spiro atoms. The molecule has 0 aromatic heterocycles. The zero-order valence-corrected chi connectivity index (χ0v) is 29.8. The summed E-state index contributed by atoms with van der Waals surface area (Å²) in [6, 6.07) is 48.1. The fourth-order valence-corrected chi connectivity index (χ4v) is 8.46. The van der Waals surface area contributed by atoms with Gasteiger partial charge in [0.25, 0.3) is 0 Å². The van der Waals surface area contributed by atoms with Crippen molar-refractivity contribution in [2.45, 2.75) is 55.6 Å². The predicted octanol–water partition coefficient (Wildman–Crippen LogP) is 10.4. The predicted molar refractivity (Wildman–Crippen MR) is 202 cm³/mol. The van der Waals surface area contributed by atoms with E-state index in [-0.39, 0.29) is 17.1 Å². The highest BCUT2D eigenvalue weighted by molar-refractivity contribution is 7.89. The van der Waals surface area contributed by atoms with Gasteiger partial charge < -0.3 is 9.47 Å². The van der Waals surface area contributed by atoms with E-state index < -0.39 is 21.9 Å². The number of fused-ring (bicyclic) bond motifs is 2. The van der Waals surface area contributed by atoms with Crippen LogP contribution in [-0.4, -0.2) is 8.42 Å². The molecule has 6 aromatic carbocycles. The van der Waals surface area contributed by atoms with E-state index in [9.17, 15) is 8.42 Å². The molecule has 1 unspecified atom stereocenters. The smallest absolute Gasteiger partial charge is 0.241 e. The number of aryl methyl sites for hydroxylation is 3. The average Bonchev–Trinajstić information content (AvgIpc) is 3.76. The molecule has 0 bridgehead atoms. The molecule has 2 aliphatic rings. The third kappa shape index (κ3) is 6.62. The lowest BCUT2D eigenvalue weighted by Gasteiger charge is -2.25. The quantitative estimate of drug-likeness (QED) is 0.152. The highest BCUT2D eigenvalue weighted by Crippen LogP contribution is 2.58. The van der Waals surface area contributed by atoms with Crippen molar-refractivity contribution in [3.05, 3.63) is 196 Å². The van der Waals surface area contributed by atoms with Crippen LogP contribution in [0.15, 0.2) is 167 Å². The highest BCUT2D eigenvalue weighted by Gasteiger charge is 2.54. The van der Waals surface area contributed by atoms with Gasteiger partial charge in [-0.1, -0.05) is 133 Å². The molecule has 6 aromatic rings. The van der Waals surface area contributed by atoms with Crippen molar-refractivity contribution >= 4 is 21.4 Å². The number of benzene rings is 6. The first-order valence-electron chi connectivity index (χ1n) is 17.5. The van der Waals surface area contributed by atoms with Gasteiger partial charge in [-0.2, -0.15) is 15.0 Å². The van der Waals surface area contributed by atoms with E-state index in [1.807, 2.05) is 111 Å². The molecule has 3 atom stereocenters. The Kier molecular flexibility index (Phi) is 9.15. The molecule has 1 saturated heterocycles. The molecule has 1 fully saturated rings. The second-order valence-electron chi connectivity index (χ2n) is 13.5. The Hall–Kier alpha value is -5.25. The molecule has 8 rings (SSSR count). The van der Waals surface area contributed by atoms with Crippen LogP contribution in [0.25, 0.3) is 0 Å². The first-order chi connectivity index (χ1) is 25.3. The standard InChI is InChI=1S/C44H39N3O4S/c1-30-21-25-37(26-22-30)52(48,49)47-41(33-13-6-3-7-14-33)36-24-23-31(2)39(29-36)46-45-38-20-12-19-32-27-28-44(40(32)38)50-42(34-15-8-4-9-16-34)43(51-44)35-17-10-5-11-18-35/h3-26,29,41-43,47H,27-28H2,1-2H3/t41?,42-,43-/m0/s1. The molecule has 1 aliphatic carbocycles. The molecule has 52 heavy (non-hydrogen) atoms. The van der Waals surface area contributed by atoms with Crippen molar-refractivity contribution < 1.29 is 17.9 Å². The molecule has 8 heteroatoms. The zero-order valence-electron chi connectivity index (χ0n) is 29.0. The van der Waals surface area contributed by atoms with Crippen molar-refractivity contribution in [2.24, 2.45) is 10.2 Å². The maximum atomic E-state index is 13.6. The summed E-state index contributed by atoms with van der Waals surface area (Å²) in [4.78, 5) is 0.207. The number of rotatable bonds is 9. The number of hydrogen-bond acceptors (Lipinski definition) is 6. The number of sulfonamides is 1. The van der Waals surface area contributed by atoms with Crippen LogP contribution >= 0.6 is 0 Å². The molecular weight excluding hydrogens is 667 g/mol. The van der Waals surface area contributed by atoms with Crippen LogP contribution in [-0.2, 0) is 31.7 Å². The van der Waals surface area contributed by atoms with Crippen LogP contribution < -0.4 is 4.72 Å². The first-order valence-corrected chi connectivity index (χ1v) is 19.0. The molecule has 0 radical (unpaired) electrons. The third-order valence-electron chi connectivity index (χ3n) is 9.97. The van der Waals surface area contributed by atoms with Gasteiger partial charge in [0, 0.05) is 12.0 Å². The highest BCUT2D eigenvalue weighted by atomic mass is 32.2. The Morgan fingerprint density at radius 1 is 0.654 bits per heavy atom. The van der Waals surface area contributed by atoms with Gasteiger partial charge in [0.15, 0.2) is 5.79 Å². The largest absolute Gasteiger partial charge is 0.335 e. The minimum absolute atomic E-state index is 0.207. The Morgan fingerprint density at radius 3 is 1.88 bits per heavy atom. The van der Waals surface area contributed by atoms with Crippen LogP contribution in [0.2, 0.25) is 0 Å². The van der Waals surface area contributed by atoms with Crippen LogP contribution in [0, 0.1) is 13.8 Å². The zero-order chi connectivity index (χ0) is 35.7. The van der Waals surface area contributed by atoms with Crippen LogP contribution in [0.3, 0.4) is 0 Å². The number of hydrogen-bond donors (Lipinski definition) is 1. The van der Waals surface area contributed by atoms with E-state index in [2.05, 4.69) is 35.1 Å². The minimum atomic E-state index is -3.85. The van der Waals surface area contributed by atoms with Crippen molar-refractivity contribution in [1.82, 2.24) is 4.72 Å². The number of nitrogens with one attached hydrogen (secondary N) is 1. The number of nitrogens with zero attached hydrogens (tertiary/aromatic N) is 2. The van der Waals surface area contributed by atoms with Gasteiger partial charge in [-0.05, 0) is 77.9 Å².